The summed E-state index contributed by atoms with van der Waals surface area (Å²) in [6, 6.07) is 8.31. The predicted octanol–water partition coefficient (Wildman–Crippen LogP) is 3.76. The lowest BCUT2D eigenvalue weighted by Crippen LogP contribution is -2.48. The molecule has 1 saturated heterocycles. The first-order chi connectivity index (χ1) is 9.56. The van der Waals surface area contributed by atoms with E-state index in [4.69, 9.17) is 16.3 Å². The summed E-state index contributed by atoms with van der Waals surface area (Å²) in [4.78, 5) is 2.39. The maximum absolute atomic E-state index is 10.2. The van der Waals surface area contributed by atoms with E-state index in [1.54, 1.807) is 12.1 Å². The number of ether oxygens (including phenoxy) is 1. The standard InChI is InChI=1S/C16H24ClNO2.ClH/c1-12-4-3-5-13(2)18(12)10-15(19)11-20-16-8-6-14(17)7-9-16;/h6-9,12-13,15,19H,3-5,10-11H2,1-2H3;1H. The van der Waals surface area contributed by atoms with E-state index >= 15 is 0 Å². The molecule has 1 aliphatic heterocycles. The zero-order valence-corrected chi connectivity index (χ0v) is 14.2. The van der Waals surface area contributed by atoms with Gasteiger partial charge >= 0.3 is 0 Å². The van der Waals surface area contributed by atoms with Crippen LogP contribution in [0.25, 0.3) is 0 Å². The van der Waals surface area contributed by atoms with E-state index in [0.29, 0.717) is 30.3 Å². The molecular formula is C16H25Cl2NO2. The van der Waals surface area contributed by atoms with Crippen LogP contribution < -0.4 is 4.74 Å². The average Bonchev–Trinajstić information content (AvgIpc) is 2.42. The van der Waals surface area contributed by atoms with Crippen LogP contribution in [0.5, 0.6) is 5.75 Å². The van der Waals surface area contributed by atoms with Gasteiger partial charge in [0.25, 0.3) is 0 Å². The molecule has 1 heterocycles. The largest absolute Gasteiger partial charge is 0.491 e. The van der Waals surface area contributed by atoms with Gasteiger partial charge in [-0.15, -0.1) is 12.4 Å². The van der Waals surface area contributed by atoms with Crippen molar-refractivity contribution >= 4 is 24.0 Å². The fraction of sp³-hybridized carbons (Fsp3) is 0.625. The van der Waals surface area contributed by atoms with Gasteiger partial charge in [-0.1, -0.05) is 18.0 Å². The Labute approximate surface area is 138 Å². The quantitative estimate of drug-likeness (QED) is 0.890. The van der Waals surface area contributed by atoms with E-state index in [1.165, 1.54) is 19.3 Å². The highest BCUT2D eigenvalue weighted by molar-refractivity contribution is 6.30. The number of benzene rings is 1. The Balaban J connectivity index is 0.00000220. The average molecular weight is 334 g/mol. The number of nitrogens with zero attached hydrogens (tertiary/aromatic N) is 1. The minimum Gasteiger partial charge on any atom is -0.491 e. The molecule has 5 heteroatoms. The Kier molecular flexibility index (Phi) is 7.82. The third kappa shape index (κ3) is 5.67. The van der Waals surface area contributed by atoms with E-state index in [2.05, 4.69) is 18.7 Å². The highest BCUT2D eigenvalue weighted by atomic mass is 35.5. The number of hydrogen-bond donors (Lipinski definition) is 1. The molecular weight excluding hydrogens is 309 g/mol. The van der Waals surface area contributed by atoms with Crippen molar-refractivity contribution in [3.63, 3.8) is 0 Å². The lowest BCUT2D eigenvalue weighted by Gasteiger charge is -2.40. The normalized spacial score (nSPS) is 24.2. The number of piperidine rings is 1. The zero-order valence-electron chi connectivity index (χ0n) is 12.7. The van der Waals surface area contributed by atoms with E-state index in [1.807, 2.05) is 12.1 Å². The third-order valence-electron chi connectivity index (χ3n) is 4.05. The van der Waals surface area contributed by atoms with Crippen molar-refractivity contribution in [2.24, 2.45) is 0 Å². The highest BCUT2D eigenvalue weighted by Crippen LogP contribution is 2.22. The summed E-state index contributed by atoms with van der Waals surface area (Å²) in [6.07, 6.45) is 3.26. The molecule has 0 aliphatic carbocycles. The number of aliphatic hydroxyl groups is 1. The van der Waals surface area contributed by atoms with E-state index in [-0.39, 0.29) is 12.4 Å². The summed E-state index contributed by atoms with van der Waals surface area (Å²) in [5.74, 6) is 0.744. The van der Waals surface area contributed by atoms with E-state index in [9.17, 15) is 5.11 Å². The minimum atomic E-state index is -0.464. The van der Waals surface area contributed by atoms with Crippen molar-refractivity contribution in [1.82, 2.24) is 4.90 Å². The predicted molar refractivity (Wildman–Crippen MR) is 89.7 cm³/mol. The van der Waals surface area contributed by atoms with Crippen molar-refractivity contribution in [2.75, 3.05) is 13.2 Å². The van der Waals surface area contributed by atoms with Crippen LogP contribution in [-0.4, -0.2) is 41.3 Å². The maximum Gasteiger partial charge on any atom is 0.119 e. The molecule has 3 nitrogen and oxygen atoms in total. The van der Waals surface area contributed by atoms with Gasteiger partial charge < -0.3 is 9.84 Å². The molecule has 1 N–H and O–H groups in total. The molecule has 3 unspecified atom stereocenters. The molecule has 1 fully saturated rings. The van der Waals surface area contributed by atoms with E-state index in [0.717, 1.165) is 5.75 Å². The molecule has 2 rings (SSSR count). The topological polar surface area (TPSA) is 32.7 Å². The van der Waals surface area contributed by atoms with Crippen LogP contribution in [0.4, 0.5) is 0 Å². The lowest BCUT2D eigenvalue weighted by molar-refractivity contribution is 0.0209. The van der Waals surface area contributed by atoms with Gasteiger partial charge in [0.05, 0.1) is 0 Å². The zero-order chi connectivity index (χ0) is 14.5. The van der Waals surface area contributed by atoms with Crippen molar-refractivity contribution in [3.8, 4) is 5.75 Å². The molecule has 1 aliphatic rings. The summed E-state index contributed by atoms with van der Waals surface area (Å²) < 4.78 is 5.60. The molecule has 1 aromatic carbocycles. The van der Waals surface area contributed by atoms with Gasteiger partial charge in [0.2, 0.25) is 0 Å². The molecule has 0 amide bonds. The Hall–Kier alpha value is -0.480. The van der Waals surface area contributed by atoms with E-state index < -0.39 is 6.10 Å². The van der Waals surface area contributed by atoms with Gasteiger partial charge in [-0.2, -0.15) is 0 Å². The van der Waals surface area contributed by atoms with Gasteiger partial charge in [-0.3, -0.25) is 4.90 Å². The van der Waals surface area contributed by atoms with Crippen LogP contribution in [0.1, 0.15) is 33.1 Å². The summed E-state index contributed by atoms with van der Waals surface area (Å²) in [7, 11) is 0. The van der Waals surface area contributed by atoms with Crippen molar-refractivity contribution < 1.29 is 9.84 Å². The number of β-amino-alcohol motifs (C(OH)–C–C–N with tert-alkyl or cyclic N) is 1. The van der Waals surface area contributed by atoms with Gasteiger partial charge in [0.1, 0.15) is 18.5 Å². The van der Waals surface area contributed by atoms with Crippen LogP contribution in [0.15, 0.2) is 24.3 Å². The molecule has 3 atom stereocenters. The molecule has 0 saturated carbocycles. The second-order valence-corrected chi connectivity index (χ2v) is 6.18. The molecule has 0 radical (unpaired) electrons. The van der Waals surface area contributed by atoms with Crippen LogP contribution in [0.3, 0.4) is 0 Å². The number of likely N-dealkylation sites (tertiary alicyclic amines) is 1. The molecule has 0 bridgehead atoms. The first kappa shape index (κ1) is 18.6. The first-order valence-corrected chi connectivity index (χ1v) is 7.76. The van der Waals surface area contributed by atoms with Crippen LogP contribution >= 0.6 is 24.0 Å². The molecule has 1 aromatic rings. The highest BCUT2D eigenvalue weighted by Gasteiger charge is 2.26. The fourth-order valence-electron chi connectivity index (χ4n) is 2.85. The fourth-order valence-corrected chi connectivity index (χ4v) is 2.98. The number of aliphatic hydroxyl groups excluding tert-OH is 1. The maximum atomic E-state index is 10.2. The molecule has 0 aromatic heterocycles. The summed E-state index contributed by atoms with van der Waals surface area (Å²) in [5, 5.41) is 10.8. The summed E-state index contributed by atoms with van der Waals surface area (Å²) >= 11 is 5.82. The smallest absolute Gasteiger partial charge is 0.119 e. The van der Waals surface area contributed by atoms with Gasteiger partial charge in [-0.25, -0.2) is 0 Å². The first-order valence-electron chi connectivity index (χ1n) is 7.38. The van der Waals surface area contributed by atoms with Crippen LogP contribution in [0, 0.1) is 0 Å². The lowest BCUT2D eigenvalue weighted by atomic mass is 9.97. The van der Waals surface area contributed by atoms with Crippen molar-refractivity contribution in [1.29, 1.82) is 0 Å². The van der Waals surface area contributed by atoms with Crippen molar-refractivity contribution in [3.05, 3.63) is 29.3 Å². The number of hydrogen-bond acceptors (Lipinski definition) is 3. The third-order valence-corrected chi connectivity index (χ3v) is 4.31. The summed E-state index contributed by atoms with van der Waals surface area (Å²) in [6.45, 7) is 5.47. The second kappa shape index (κ2) is 8.84. The van der Waals surface area contributed by atoms with Crippen molar-refractivity contribution in [2.45, 2.75) is 51.3 Å². The SMILES string of the molecule is CC1CCCC(C)N1CC(O)COc1ccc(Cl)cc1.Cl. The molecule has 21 heavy (non-hydrogen) atoms. The minimum absolute atomic E-state index is 0. The molecule has 120 valence electrons. The Bertz CT molecular complexity index is 403. The van der Waals surface area contributed by atoms with Crippen LogP contribution in [-0.2, 0) is 0 Å². The van der Waals surface area contributed by atoms with Gasteiger partial charge in [0.15, 0.2) is 0 Å². The van der Waals surface area contributed by atoms with Gasteiger partial charge in [-0.05, 0) is 51.0 Å². The number of halogens is 2. The Morgan fingerprint density at radius 2 is 1.81 bits per heavy atom. The monoisotopic (exact) mass is 333 g/mol. The number of rotatable bonds is 5. The van der Waals surface area contributed by atoms with Crippen LogP contribution in [0.2, 0.25) is 5.02 Å². The second-order valence-electron chi connectivity index (χ2n) is 5.74. The van der Waals surface area contributed by atoms with Gasteiger partial charge in [0, 0.05) is 23.7 Å². The molecule has 0 spiro atoms. The summed E-state index contributed by atoms with van der Waals surface area (Å²) in [5.41, 5.74) is 0. The Morgan fingerprint density at radius 1 is 1.24 bits per heavy atom. The Morgan fingerprint density at radius 3 is 2.38 bits per heavy atom.